The number of likely N-dealkylation sites (N-methyl/N-ethyl adjacent to an activating group) is 1. The molecular weight excluding hydrogens is 264 g/mol. The molecule has 0 unspecified atom stereocenters. The van der Waals surface area contributed by atoms with Crippen molar-refractivity contribution >= 4 is 5.91 Å². The summed E-state index contributed by atoms with van der Waals surface area (Å²) in [7, 11) is 0. The maximum absolute atomic E-state index is 12.4. The van der Waals surface area contributed by atoms with Gasteiger partial charge in [0.25, 0.3) is 0 Å². The van der Waals surface area contributed by atoms with Gasteiger partial charge in [-0.25, -0.2) is 4.98 Å². The second-order valence-corrected chi connectivity index (χ2v) is 6.28. The van der Waals surface area contributed by atoms with Gasteiger partial charge in [0.15, 0.2) is 0 Å². The molecule has 2 aliphatic heterocycles. The van der Waals surface area contributed by atoms with Gasteiger partial charge in [-0.1, -0.05) is 13.3 Å². The average Bonchev–Trinajstić information content (AvgIpc) is 3.00. The predicted molar refractivity (Wildman–Crippen MR) is 81.9 cm³/mol. The van der Waals surface area contributed by atoms with E-state index in [1.165, 1.54) is 12.8 Å². The quantitative estimate of drug-likeness (QED) is 0.913. The van der Waals surface area contributed by atoms with E-state index in [1.54, 1.807) is 0 Å². The van der Waals surface area contributed by atoms with Gasteiger partial charge in [-0.2, -0.15) is 0 Å². The van der Waals surface area contributed by atoms with Gasteiger partial charge < -0.3 is 9.88 Å². The van der Waals surface area contributed by atoms with Crippen LogP contribution < -0.4 is 5.32 Å². The molecule has 2 atom stereocenters. The Morgan fingerprint density at radius 1 is 1.38 bits per heavy atom. The lowest BCUT2D eigenvalue weighted by Gasteiger charge is -2.34. The predicted octanol–water partition coefficient (Wildman–Crippen LogP) is 1.44. The lowest BCUT2D eigenvalue weighted by Crippen LogP contribution is -2.50. The van der Waals surface area contributed by atoms with Gasteiger partial charge in [0.1, 0.15) is 5.82 Å². The van der Waals surface area contributed by atoms with Crippen molar-refractivity contribution in [3.8, 4) is 0 Å². The molecule has 0 saturated carbocycles. The Morgan fingerprint density at radius 3 is 3.14 bits per heavy atom. The molecule has 0 radical (unpaired) electrons. The number of rotatable bonds is 4. The number of likely N-dealkylation sites (tertiary alicyclic amines) is 1. The zero-order chi connectivity index (χ0) is 14.7. The molecule has 1 amide bonds. The van der Waals surface area contributed by atoms with E-state index < -0.39 is 0 Å². The van der Waals surface area contributed by atoms with Crippen molar-refractivity contribution in [3.63, 3.8) is 0 Å². The fourth-order valence-electron chi connectivity index (χ4n) is 3.62. The maximum atomic E-state index is 12.4. The molecule has 5 nitrogen and oxygen atoms in total. The molecule has 5 heteroatoms. The Kier molecular flexibility index (Phi) is 4.58. The van der Waals surface area contributed by atoms with Crippen LogP contribution in [0.5, 0.6) is 0 Å². The van der Waals surface area contributed by atoms with Gasteiger partial charge in [0.05, 0.1) is 6.04 Å². The summed E-state index contributed by atoms with van der Waals surface area (Å²) in [5.74, 6) is 1.92. The Morgan fingerprint density at radius 2 is 2.29 bits per heavy atom. The van der Waals surface area contributed by atoms with E-state index in [1.807, 2.05) is 12.4 Å². The van der Waals surface area contributed by atoms with E-state index in [9.17, 15) is 4.79 Å². The van der Waals surface area contributed by atoms with Crippen molar-refractivity contribution in [1.29, 1.82) is 0 Å². The van der Waals surface area contributed by atoms with Crippen molar-refractivity contribution in [3.05, 3.63) is 18.2 Å². The first-order valence-electron chi connectivity index (χ1n) is 8.29. The molecule has 1 aromatic rings. The molecule has 21 heavy (non-hydrogen) atoms. The van der Waals surface area contributed by atoms with Crippen LogP contribution in [-0.2, 0) is 17.8 Å². The number of carbonyl (C=O) groups is 1. The van der Waals surface area contributed by atoms with E-state index in [2.05, 4.69) is 26.7 Å². The first-order valence-corrected chi connectivity index (χ1v) is 8.29. The van der Waals surface area contributed by atoms with Crippen LogP contribution in [0.3, 0.4) is 0 Å². The highest BCUT2D eigenvalue weighted by atomic mass is 16.2. The third kappa shape index (κ3) is 3.28. The van der Waals surface area contributed by atoms with Gasteiger partial charge >= 0.3 is 0 Å². The third-order valence-corrected chi connectivity index (χ3v) is 4.94. The average molecular weight is 290 g/mol. The fraction of sp³-hybridized carbons (Fsp3) is 0.750. The van der Waals surface area contributed by atoms with E-state index >= 15 is 0 Å². The van der Waals surface area contributed by atoms with Gasteiger partial charge in [-0.3, -0.25) is 9.69 Å². The van der Waals surface area contributed by atoms with E-state index in [4.69, 9.17) is 0 Å². The SMILES string of the molecule is CCN1CCCC[C@@H]1C(=O)NC[C@H]1CCn2ccnc2C1. The van der Waals surface area contributed by atoms with Crippen LogP contribution in [0.15, 0.2) is 12.4 Å². The van der Waals surface area contributed by atoms with Crippen LogP contribution in [-0.4, -0.2) is 46.0 Å². The van der Waals surface area contributed by atoms with Crippen LogP contribution in [0.1, 0.15) is 38.4 Å². The first kappa shape index (κ1) is 14.6. The summed E-state index contributed by atoms with van der Waals surface area (Å²) in [4.78, 5) is 19.1. The molecule has 116 valence electrons. The highest BCUT2D eigenvalue weighted by molar-refractivity contribution is 5.81. The van der Waals surface area contributed by atoms with Crippen LogP contribution in [0.4, 0.5) is 0 Å². The normalized spacial score (nSPS) is 26.3. The molecule has 3 rings (SSSR count). The summed E-state index contributed by atoms with van der Waals surface area (Å²) in [5, 5.41) is 3.19. The molecule has 0 aromatic carbocycles. The van der Waals surface area contributed by atoms with Crippen molar-refractivity contribution < 1.29 is 4.79 Å². The zero-order valence-corrected chi connectivity index (χ0v) is 12.9. The van der Waals surface area contributed by atoms with Crippen molar-refractivity contribution in [2.75, 3.05) is 19.6 Å². The van der Waals surface area contributed by atoms with Gasteiger partial charge in [0.2, 0.25) is 5.91 Å². The minimum absolute atomic E-state index is 0.0920. The molecule has 1 N–H and O–H groups in total. The minimum atomic E-state index is 0.0920. The van der Waals surface area contributed by atoms with Crippen LogP contribution in [0.25, 0.3) is 0 Å². The highest BCUT2D eigenvalue weighted by Gasteiger charge is 2.28. The monoisotopic (exact) mass is 290 g/mol. The lowest BCUT2D eigenvalue weighted by atomic mass is 9.97. The number of aromatic nitrogens is 2. The number of hydrogen-bond donors (Lipinski definition) is 1. The second-order valence-electron chi connectivity index (χ2n) is 6.28. The highest BCUT2D eigenvalue weighted by Crippen LogP contribution is 2.19. The Labute approximate surface area is 126 Å². The van der Waals surface area contributed by atoms with E-state index in [0.29, 0.717) is 5.92 Å². The van der Waals surface area contributed by atoms with Crippen molar-refractivity contribution in [1.82, 2.24) is 19.8 Å². The summed E-state index contributed by atoms with van der Waals surface area (Å²) in [6, 6.07) is 0.0920. The summed E-state index contributed by atoms with van der Waals surface area (Å²) in [5.41, 5.74) is 0. The third-order valence-electron chi connectivity index (χ3n) is 4.94. The van der Waals surface area contributed by atoms with Gasteiger partial charge in [-0.05, 0) is 38.3 Å². The van der Waals surface area contributed by atoms with Crippen molar-refractivity contribution in [2.45, 2.75) is 51.6 Å². The summed E-state index contributed by atoms with van der Waals surface area (Å²) in [6.07, 6.45) is 9.44. The van der Waals surface area contributed by atoms with E-state index in [-0.39, 0.29) is 11.9 Å². The summed E-state index contributed by atoms with van der Waals surface area (Å²) >= 11 is 0. The minimum Gasteiger partial charge on any atom is -0.354 e. The smallest absolute Gasteiger partial charge is 0.237 e. The van der Waals surface area contributed by atoms with Gasteiger partial charge in [-0.15, -0.1) is 0 Å². The largest absolute Gasteiger partial charge is 0.354 e. The topological polar surface area (TPSA) is 50.2 Å². The molecule has 0 spiro atoms. The Bertz CT molecular complexity index is 484. The molecular formula is C16H26N4O. The first-order chi connectivity index (χ1) is 10.3. The molecule has 0 bridgehead atoms. The Hall–Kier alpha value is -1.36. The molecule has 1 saturated heterocycles. The summed E-state index contributed by atoms with van der Waals surface area (Å²) < 4.78 is 2.22. The number of fused-ring (bicyclic) bond motifs is 1. The molecule has 3 heterocycles. The number of hydrogen-bond acceptors (Lipinski definition) is 3. The molecule has 2 aliphatic rings. The molecule has 1 aromatic heterocycles. The zero-order valence-electron chi connectivity index (χ0n) is 12.9. The molecule has 1 fully saturated rings. The number of piperidine rings is 1. The van der Waals surface area contributed by atoms with E-state index in [0.717, 1.165) is 51.3 Å². The second kappa shape index (κ2) is 6.60. The summed E-state index contributed by atoms with van der Waals surface area (Å²) in [6.45, 7) is 6.00. The Balaban J connectivity index is 1.50. The fourth-order valence-corrected chi connectivity index (χ4v) is 3.62. The standard InChI is InChI=1S/C16H26N4O/c1-2-19-8-4-3-5-14(19)16(21)18-12-13-6-9-20-10-7-17-15(20)11-13/h7,10,13-14H,2-6,8-9,11-12H2,1H3,(H,18,21)/t13-,14+/m0/s1. The number of nitrogens with zero attached hydrogens (tertiary/aromatic N) is 3. The number of carbonyl (C=O) groups excluding carboxylic acids is 1. The van der Waals surface area contributed by atoms with Crippen molar-refractivity contribution in [2.24, 2.45) is 5.92 Å². The number of imidazole rings is 1. The van der Waals surface area contributed by atoms with Crippen LogP contribution >= 0.6 is 0 Å². The molecule has 0 aliphatic carbocycles. The van der Waals surface area contributed by atoms with Crippen LogP contribution in [0, 0.1) is 5.92 Å². The maximum Gasteiger partial charge on any atom is 0.237 e. The van der Waals surface area contributed by atoms with Crippen LogP contribution in [0.2, 0.25) is 0 Å². The van der Waals surface area contributed by atoms with Gasteiger partial charge in [0, 0.05) is 31.9 Å². The lowest BCUT2D eigenvalue weighted by molar-refractivity contribution is -0.127. The number of amides is 1. The number of aryl methyl sites for hydroxylation is 1. The number of nitrogens with one attached hydrogen (secondary N) is 1.